The van der Waals surface area contributed by atoms with Crippen LogP contribution in [0, 0.1) is 3.57 Å². The summed E-state index contributed by atoms with van der Waals surface area (Å²) in [6, 6.07) is 5.33. The Hall–Kier alpha value is -1.06. The molecule has 1 heterocycles. The lowest BCUT2D eigenvalue weighted by atomic mass is 10.2. The van der Waals surface area contributed by atoms with Gasteiger partial charge in [0.1, 0.15) is 0 Å². The molecule has 0 spiro atoms. The molecule has 0 bridgehead atoms. The van der Waals surface area contributed by atoms with E-state index >= 15 is 0 Å². The summed E-state index contributed by atoms with van der Waals surface area (Å²) in [6.45, 7) is 3.02. The number of halogens is 2. The Morgan fingerprint density at radius 2 is 2.05 bits per heavy atom. The molecule has 21 heavy (non-hydrogen) atoms. The fraction of sp³-hybridized carbons (Fsp3) is 0.385. The third-order valence-electron chi connectivity index (χ3n) is 3.34. The first-order chi connectivity index (χ1) is 10.0. The predicted octanol–water partition coefficient (Wildman–Crippen LogP) is 1.45. The Kier molecular flexibility index (Phi) is 5.65. The van der Waals surface area contributed by atoms with E-state index in [9.17, 15) is 4.79 Å². The van der Waals surface area contributed by atoms with Crippen LogP contribution in [0.1, 0.15) is 10.4 Å². The highest BCUT2D eigenvalue weighted by Crippen LogP contribution is 2.20. The Morgan fingerprint density at radius 3 is 2.62 bits per heavy atom. The maximum atomic E-state index is 12.4. The molecule has 0 radical (unpaired) electrons. The number of carbonyl (C=O) groups excluding carboxylic acids is 1. The molecule has 0 aliphatic carbocycles. The van der Waals surface area contributed by atoms with Crippen LogP contribution in [0.25, 0.3) is 0 Å². The van der Waals surface area contributed by atoms with E-state index in [-0.39, 0.29) is 11.7 Å². The Labute approximate surface area is 141 Å². The van der Waals surface area contributed by atoms with E-state index in [0.717, 1.165) is 3.57 Å². The number of nitrogens with two attached hydrogens (primary N) is 1. The van der Waals surface area contributed by atoms with E-state index in [1.807, 2.05) is 11.0 Å². The number of piperazine rings is 1. The van der Waals surface area contributed by atoms with Gasteiger partial charge in [0.25, 0.3) is 5.91 Å². The fourth-order valence-electron chi connectivity index (χ4n) is 2.18. The summed E-state index contributed by atoms with van der Waals surface area (Å²) in [5.41, 5.74) is 6.08. The van der Waals surface area contributed by atoms with Gasteiger partial charge in [-0.25, -0.2) is 0 Å². The van der Waals surface area contributed by atoms with E-state index in [4.69, 9.17) is 22.5 Å². The van der Waals surface area contributed by atoms with Crippen molar-refractivity contribution >= 4 is 45.9 Å². The summed E-state index contributed by atoms with van der Waals surface area (Å²) in [5.74, 6) is 0.163. The first kappa shape index (κ1) is 16.3. The van der Waals surface area contributed by atoms with Crippen LogP contribution in [0.5, 0.6) is 0 Å². The molecule has 1 amide bonds. The number of hydrogen-bond donors (Lipinski definition) is 2. The van der Waals surface area contributed by atoms with Gasteiger partial charge in [-0.1, -0.05) is 16.8 Å². The fourth-order valence-corrected chi connectivity index (χ4v) is 2.70. The molecule has 1 aromatic rings. The minimum atomic E-state index is -0.0169. The number of carbonyl (C=O) groups is 1. The molecule has 0 atom stereocenters. The average molecular weight is 423 g/mol. The molecule has 8 heteroatoms. The van der Waals surface area contributed by atoms with E-state index < -0.39 is 0 Å². The van der Waals surface area contributed by atoms with Crippen LogP contribution in [0.3, 0.4) is 0 Å². The van der Waals surface area contributed by atoms with Crippen molar-refractivity contribution < 1.29 is 10.0 Å². The summed E-state index contributed by atoms with van der Waals surface area (Å²) in [5, 5.41) is 12.1. The number of amidine groups is 1. The van der Waals surface area contributed by atoms with Crippen molar-refractivity contribution in [2.45, 2.75) is 0 Å². The predicted molar refractivity (Wildman–Crippen MR) is 89.9 cm³/mol. The molecule has 1 aliphatic heterocycles. The highest BCUT2D eigenvalue weighted by Gasteiger charge is 2.22. The molecule has 2 rings (SSSR count). The second-order valence-electron chi connectivity index (χ2n) is 4.79. The van der Waals surface area contributed by atoms with Crippen molar-refractivity contribution in [3.63, 3.8) is 0 Å². The molecule has 0 saturated carbocycles. The number of hydrogen-bond acceptors (Lipinski definition) is 4. The maximum Gasteiger partial charge on any atom is 0.253 e. The number of rotatable bonds is 3. The van der Waals surface area contributed by atoms with E-state index in [0.29, 0.717) is 43.3 Å². The van der Waals surface area contributed by atoms with Crippen LogP contribution in [0.15, 0.2) is 23.4 Å². The SMILES string of the molecule is N/C(CN1CCN(C(=O)c2ccc(I)c(Cl)c2)CC1)=N/O. The molecule has 0 aromatic heterocycles. The summed E-state index contributed by atoms with van der Waals surface area (Å²) in [4.78, 5) is 16.2. The van der Waals surface area contributed by atoms with Crippen LogP contribution >= 0.6 is 34.2 Å². The quantitative estimate of drug-likeness (QED) is 0.254. The molecule has 3 N–H and O–H groups in total. The average Bonchev–Trinajstić information content (AvgIpc) is 2.50. The summed E-state index contributed by atoms with van der Waals surface area (Å²) in [7, 11) is 0. The van der Waals surface area contributed by atoms with Gasteiger partial charge >= 0.3 is 0 Å². The molecule has 114 valence electrons. The van der Waals surface area contributed by atoms with Crippen molar-refractivity contribution in [1.82, 2.24) is 9.80 Å². The first-order valence-corrected chi connectivity index (χ1v) is 7.90. The molecule has 1 saturated heterocycles. The zero-order valence-electron chi connectivity index (χ0n) is 11.3. The van der Waals surface area contributed by atoms with Crippen LogP contribution < -0.4 is 5.73 Å². The van der Waals surface area contributed by atoms with Gasteiger partial charge in [0.15, 0.2) is 5.84 Å². The lowest BCUT2D eigenvalue weighted by Crippen LogP contribution is -2.50. The largest absolute Gasteiger partial charge is 0.409 e. The second kappa shape index (κ2) is 7.28. The van der Waals surface area contributed by atoms with E-state index in [2.05, 4.69) is 27.7 Å². The van der Waals surface area contributed by atoms with Crippen LogP contribution in [0.4, 0.5) is 0 Å². The maximum absolute atomic E-state index is 12.4. The zero-order chi connectivity index (χ0) is 15.4. The molecule has 6 nitrogen and oxygen atoms in total. The standard InChI is InChI=1S/C13H16ClIN4O2/c14-10-7-9(1-2-11(10)15)13(20)19-5-3-18(4-6-19)8-12(16)17-21/h1-2,7,21H,3-6,8H2,(H2,16,17). The Bertz CT molecular complexity index is 559. The van der Waals surface area contributed by atoms with Crippen molar-refractivity contribution in [2.75, 3.05) is 32.7 Å². The van der Waals surface area contributed by atoms with Gasteiger partial charge < -0.3 is 15.8 Å². The second-order valence-corrected chi connectivity index (χ2v) is 6.36. The van der Waals surface area contributed by atoms with Gasteiger partial charge in [0.2, 0.25) is 0 Å². The van der Waals surface area contributed by atoms with Crippen molar-refractivity contribution in [2.24, 2.45) is 10.9 Å². The summed E-state index contributed by atoms with van der Waals surface area (Å²) in [6.07, 6.45) is 0. The van der Waals surface area contributed by atoms with Gasteiger partial charge in [0.05, 0.1) is 11.6 Å². The van der Waals surface area contributed by atoms with Gasteiger partial charge in [0, 0.05) is 35.3 Å². The molecular formula is C13H16ClIN4O2. The number of nitrogens with zero attached hydrogens (tertiary/aromatic N) is 3. The number of oxime groups is 1. The van der Waals surface area contributed by atoms with Crippen molar-refractivity contribution in [3.8, 4) is 0 Å². The van der Waals surface area contributed by atoms with E-state index in [1.165, 1.54) is 0 Å². The van der Waals surface area contributed by atoms with E-state index in [1.54, 1.807) is 17.0 Å². The van der Waals surface area contributed by atoms with Crippen LogP contribution in [0.2, 0.25) is 5.02 Å². The van der Waals surface area contributed by atoms with Gasteiger partial charge in [-0.15, -0.1) is 0 Å². The smallest absolute Gasteiger partial charge is 0.253 e. The molecule has 1 aromatic carbocycles. The minimum absolute atomic E-state index is 0.0169. The van der Waals surface area contributed by atoms with Crippen molar-refractivity contribution in [3.05, 3.63) is 32.4 Å². The van der Waals surface area contributed by atoms with Crippen LogP contribution in [-0.4, -0.2) is 59.5 Å². The Balaban J connectivity index is 1.95. The van der Waals surface area contributed by atoms with Crippen molar-refractivity contribution in [1.29, 1.82) is 0 Å². The normalized spacial score (nSPS) is 17.0. The van der Waals surface area contributed by atoms with Crippen LogP contribution in [-0.2, 0) is 0 Å². The lowest BCUT2D eigenvalue weighted by molar-refractivity contribution is 0.0653. The molecule has 1 aliphatic rings. The Morgan fingerprint density at radius 1 is 1.38 bits per heavy atom. The monoisotopic (exact) mass is 422 g/mol. The van der Waals surface area contributed by atoms with Gasteiger partial charge in [-0.2, -0.15) is 0 Å². The highest BCUT2D eigenvalue weighted by atomic mass is 127. The third-order valence-corrected chi connectivity index (χ3v) is 4.91. The number of amides is 1. The number of benzene rings is 1. The van der Waals surface area contributed by atoms with Gasteiger partial charge in [-0.05, 0) is 40.8 Å². The molecule has 0 unspecified atom stereocenters. The third kappa shape index (κ3) is 4.21. The molecule has 1 fully saturated rings. The zero-order valence-corrected chi connectivity index (χ0v) is 14.2. The van der Waals surface area contributed by atoms with Gasteiger partial charge in [-0.3, -0.25) is 9.69 Å². The summed E-state index contributed by atoms with van der Waals surface area (Å²) >= 11 is 8.19. The molecular weight excluding hydrogens is 407 g/mol. The first-order valence-electron chi connectivity index (χ1n) is 6.44. The minimum Gasteiger partial charge on any atom is -0.409 e. The highest BCUT2D eigenvalue weighted by molar-refractivity contribution is 14.1. The summed E-state index contributed by atoms with van der Waals surface area (Å²) < 4.78 is 0.925. The topological polar surface area (TPSA) is 82.2 Å². The lowest BCUT2D eigenvalue weighted by Gasteiger charge is -2.34.